The van der Waals surface area contributed by atoms with Gasteiger partial charge in [0.05, 0.1) is 0 Å². The molecule has 0 atom stereocenters. The van der Waals surface area contributed by atoms with Crippen molar-refractivity contribution < 1.29 is 64.0 Å². The van der Waals surface area contributed by atoms with Crippen LogP contribution in [0.4, 0.5) is 0 Å². The molecule has 1 radical (unpaired) electrons. The van der Waals surface area contributed by atoms with Crippen LogP contribution in [0, 0.1) is 0 Å². The largest absolute Gasteiger partial charge is 0 e. The van der Waals surface area contributed by atoms with Gasteiger partial charge in [-0.25, -0.2) is 0 Å². The number of hydrogen-bond donors (Lipinski definition) is 4. The monoisotopic (exact) mass is 297 g/mol. The molecule has 0 fully saturated rings. The minimum absolute atomic E-state index is 0. The molecule has 0 aromatic heterocycles. The van der Waals surface area contributed by atoms with E-state index in [4.69, 9.17) is 28.7 Å². The predicted octanol–water partition coefficient (Wildman–Crippen LogP) is -2.00. The second-order valence-electron chi connectivity index (χ2n) is 0.730. The van der Waals surface area contributed by atoms with E-state index in [1.54, 1.807) is 0 Å². The molecule has 0 bridgehead atoms. The maximum Gasteiger partial charge on any atom is 0 e. The molecular weight excluding hydrogens is 290 g/mol. The molecule has 0 aromatic carbocycles. The summed E-state index contributed by atoms with van der Waals surface area (Å²) in [5, 5.41) is 0. The van der Waals surface area contributed by atoms with E-state index in [2.05, 4.69) is 0 Å². The molecule has 63 valence electrons. The zero-order chi connectivity index (χ0) is 8.08. The van der Waals surface area contributed by atoms with E-state index in [1.807, 2.05) is 0 Å². The summed E-state index contributed by atoms with van der Waals surface area (Å²) in [5.74, 6) is 0. The van der Waals surface area contributed by atoms with E-state index >= 15 is 0 Å². The molecule has 0 aromatic rings. The molecule has 4 N–H and O–H groups in total. The van der Waals surface area contributed by atoms with Crippen LogP contribution in [0.5, 0.6) is 0 Å². The summed E-state index contributed by atoms with van der Waals surface area (Å²) < 4.78 is 40.8. The summed E-state index contributed by atoms with van der Waals surface area (Å²) in [5.41, 5.74) is 0. The Balaban J connectivity index is -0.0000000910. The Morgan fingerprint density at radius 2 is 1.10 bits per heavy atom. The normalized spacial score (nSPS) is 9.30. The quantitative estimate of drug-likeness (QED) is 0.300. The van der Waals surface area contributed by atoms with E-state index in [9.17, 15) is 0 Å². The van der Waals surface area contributed by atoms with Crippen LogP contribution >= 0.6 is 8.25 Å². The molecule has 0 aliphatic carbocycles. The van der Waals surface area contributed by atoms with Crippen molar-refractivity contribution in [2.45, 2.75) is 0 Å². The standard InChI is InChI=1S/Mo.H3O3P.2H2O.2O.V/c;1-4(2)3;;;;;/h;4H,(H2,1,2,3);2*1H2;;;/q+2;;;;;;/p-2. The average molecular weight is 295 g/mol. The van der Waals surface area contributed by atoms with Crippen LogP contribution in [-0.4, -0.2) is 17.3 Å². The Labute approximate surface area is 72.3 Å². The van der Waals surface area contributed by atoms with Crippen LogP contribution in [0.15, 0.2) is 0 Å². The zero-order valence-corrected chi connectivity index (χ0v) is 8.77. The third kappa shape index (κ3) is 635. The van der Waals surface area contributed by atoms with E-state index < -0.39 is 25.0 Å². The van der Waals surface area contributed by atoms with E-state index in [0.29, 0.717) is 0 Å². The first-order valence-electron chi connectivity index (χ1n) is 1.35. The smallest absolute Gasteiger partial charge is 0 e. The third-order valence-electron chi connectivity index (χ3n) is 0. The Kier molecular flexibility index (Phi) is 13.8. The predicted molar refractivity (Wildman–Crippen MR) is 19.2 cm³/mol. The van der Waals surface area contributed by atoms with Crippen molar-refractivity contribution in [1.29, 1.82) is 0 Å². The third-order valence-corrected chi connectivity index (χ3v) is 0. The topological polar surface area (TPSA) is 132 Å². The fraction of sp³-hybridized carbons (Fsp3) is 0. The Morgan fingerprint density at radius 1 is 1.10 bits per heavy atom. The van der Waals surface area contributed by atoms with Gasteiger partial charge < -0.3 is 9.79 Å². The van der Waals surface area contributed by atoms with Crippen LogP contribution in [-0.2, 0) is 46.7 Å². The maximum atomic E-state index is 8.85. The van der Waals surface area contributed by atoms with Gasteiger partial charge in [0.15, 0.2) is 0 Å². The molecule has 10 heavy (non-hydrogen) atoms. The molecule has 0 amide bonds. The first kappa shape index (κ1) is 17.1. The van der Waals surface area contributed by atoms with Gasteiger partial charge in [0.2, 0.25) is 0 Å². The van der Waals surface area contributed by atoms with Crippen molar-refractivity contribution in [1.82, 2.24) is 0 Å². The van der Waals surface area contributed by atoms with Gasteiger partial charge in [-0.05, 0) is 0 Å². The minimum atomic E-state index is -5.52. The summed E-state index contributed by atoms with van der Waals surface area (Å²) in [7, 11) is -3.13. The van der Waals surface area contributed by atoms with Gasteiger partial charge in [-0.3, -0.25) is 4.57 Å². The molecule has 0 unspecified atom stereocenters. The van der Waals surface area contributed by atoms with E-state index in [-0.39, 0.29) is 18.6 Å². The van der Waals surface area contributed by atoms with Gasteiger partial charge in [0.25, 0.3) is 0 Å². The van der Waals surface area contributed by atoms with Gasteiger partial charge >= 0.3 is 39.3 Å². The summed E-state index contributed by atoms with van der Waals surface area (Å²) in [6.45, 7) is 0. The molecule has 0 heterocycles. The molecule has 0 saturated carbocycles. The van der Waals surface area contributed by atoms with Gasteiger partial charge in [-0.15, -0.1) is 0 Å². The summed E-state index contributed by atoms with van der Waals surface area (Å²) in [6, 6.07) is 0. The molecule has 10 heteroatoms. The van der Waals surface area contributed by atoms with Gasteiger partial charge in [0, 0.05) is 18.6 Å². The van der Waals surface area contributed by atoms with Crippen LogP contribution < -0.4 is 0 Å². The molecule has 0 rings (SSSR count). The second-order valence-corrected chi connectivity index (χ2v) is 3.50. The fourth-order valence-corrected chi connectivity index (χ4v) is 0. The summed E-state index contributed by atoms with van der Waals surface area (Å²) in [6.07, 6.45) is 0. The summed E-state index contributed by atoms with van der Waals surface area (Å²) >= 11 is -5.52. The molecule has 0 aliphatic rings. The van der Waals surface area contributed by atoms with Crippen molar-refractivity contribution in [2.75, 3.05) is 0 Å². The van der Waals surface area contributed by atoms with Gasteiger partial charge in [-0.1, -0.05) is 0 Å². The number of rotatable bonds is 0. The van der Waals surface area contributed by atoms with Crippen LogP contribution in [0.3, 0.4) is 0 Å². The van der Waals surface area contributed by atoms with Crippen molar-refractivity contribution >= 4 is 8.25 Å². The van der Waals surface area contributed by atoms with E-state index in [1.165, 1.54) is 0 Å². The fourth-order valence-electron chi connectivity index (χ4n) is 0. The van der Waals surface area contributed by atoms with Crippen LogP contribution in [0.1, 0.15) is 0 Å². The molecule has 0 spiro atoms. The van der Waals surface area contributed by atoms with Crippen molar-refractivity contribution in [3.63, 3.8) is 0 Å². The molecule has 0 saturated heterocycles. The Morgan fingerprint density at radius 3 is 1.10 bits per heavy atom. The Hall–Kier alpha value is 0.943. The van der Waals surface area contributed by atoms with Crippen molar-refractivity contribution in [3.05, 3.63) is 0 Å². The number of hydrogen-bond acceptors (Lipinski definition) is 3. The zero-order valence-electron chi connectivity index (χ0n) is 4.37. The van der Waals surface area contributed by atoms with Crippen molar-refractivity contribution in [3.8, 4) is 0 Å². The minimum Gasteiger partial charge on any atom is 0 e. The van der Waals surface area contributed by atoms with Gasteiger partial charge in [-0.2, -0.15) is 0 Å². The molecule has 0 aliphatic heterocycles. The summed E-state index contributed by atoms with van der Waals surface area (Å²) in [4.78, 5) is 14.3. The molecule has 7 nitrogen and oxygen atoms in total. The molecular formula is H5MoO7PV. The van der Waals surface area contributed by atoms with Crippen molar-refractivity contribution in [2.24, 2.45) is 0 Å². The first-order valence-corrected chi connectivity index (χ1v) is 6.09. The average Bonchev–Trinajstić information content (AvgIpc) is 1.19. The van der Waals surface area contributed by atoms with Crippen LogP contribution in [0.2, 0.25) is 0 Å². The SMILES string of the molecule is O=[PH](O)O.[O]=[Mo](=[O])([OH])[OH].[V]. The van der Waals surface area contributed by atoms with Crippen LogP contribution in [0.25, 0.3) is 0 Å². The Bertz CT molecular complexity index is 156. The van der Waals surface area contributed by atoms with Gasteiger partial charge in [0.1, 0.15) is 0 Å². The van der Waals surface area contributed by atoms with E-state index in [0.717, 1.165) is 0 Å². The maximum absolute atomic E-state index is 8.85. The second kappa shape index (κ2) is 8.04. The first-order chi connectivity index (χ1) is 3.73.